The summed E-state index contributed by atoms with van der Waals surface area (Å²) in [6.07, 6.45) is 4.24. The van der Waals surface area contributed by atoms with Gasteiger partial charge >= 0.3 is 0 Å². The highest BCUT2D eigenvalue weighted by molar-refractivity contribution is 8.06. The van der Waals surface area contributed by atoms with Gasteiger partial charge in [-0.2, -0.15) is 5.26 Å². The third-order valence-electron chi connectivity index (χ3n) is 0.672. The number of unbranched alkanes of at least 4 members (excludes halogenated alkanes) is 1. The van der Waals surface area contributed by atoms with Gasteiger partial charge < -0.3 is 0 Å². The summed E-state index contributed by atoms with van der Waals surface area (Å²) in [6, 6.07) is 0. The minimum absolute atomic E-state index is 1.08. The summed E-state index contributed by atoms with van der Waals surface area (Å²) in [7, 11) is 0. The number of nitrogens with zero attached hydrogens (tertiary/aromatic N) is 1. The molecule has 0 bridgehead atoms. The molecule has 0 aliphatic heterocycles. The maximum Gasteiger partial charge on any atom is 0.137 e. The number of nitriles is 1. The van der Waals surface area contributed by atoms with Crippen molar-refractivity contribution in [2.45, 2.75) is 19.8 Å². The SMILES string of the molecule is CCCC=CSC#N. The van der Waals surface area contributed by atoms with E-state index in [2.05, 4.69) is 6.92 Å². The van der Waals surface area contributed by atoms with Gasteiger partial charge in [0, 0.05) is 0 Å². The van der Waals surface area contributed by atoms with E-state index in [0.29, 0.717) is 0 Å². The van der Waals surface area contributed by atoms with Crippen molar-refractivity contribution >= 4 is 11.8 Å². The van der Waals surface area contributed by atoms with Crippen LogP contribution in [0.3, 0.4) is 0 Å². The predicted molar refractivity (Wildman–Crippen MR) is 37.3 cm³/mol. The first-order valence-corrected chi connectivity index (χ1v) is 3.49. The fourth-order valence-corrected chi connectivity index (χ4v) is 0.606. The lowest BCUT2D eigenvalue weighted by Gasteiger charge is -1.78. The Morgan fingerprint density at radius 1 is 1.75 bits per heavy atom. The molecule has 1 nitrogen and oxygen atoms in total. The second-order valence-corrected chi connectivity index (χ2v) is 2.06. The summed E-state index contributed by atoms with van der Waals surface area (Å²) >= 11 is 1.17. The van der Waals surface area contributed by atoms with E-state index in [9.17, 15) is 0 Å². The number of rotatable bonds is 3. The van der Waals surface area contributed by atoms with Crippen LogP contribution in [0.2, 0.25) is 0 Å². The number of thioether (sulfide) groups is 1. The van der Waals surface area contributed by atoms with Crippen molar-refractivity contribution in [2.24, 2.45) is 0 Å². The fraction of sp³-hybridized carbons (Fsp3) is 0.500. The monoisotopic (exact) mass is 127 g/mol. The van der Waals surface area contributed by atoms with E-state index in [-0.39, 0.29) is 0 Å². The van der Waals surface area contributed by atoms with E-state index in [1.807, 2.05) is 16.9 Å². The molecule has 0 spiro atoms. The average Bonchev–Trinajstić information content (AvgIpc) is 1.81. The lowest BCUT2D eigenvalue weighted by molar-refractivity contribution is 0.960. The molecule has 0 N–H and O–H groups in total. The number of thiocyanates is 1. The first-order chi connectivity index (χ1) is 3.91. The Kier molecular flexibility index (Phi) is 6.23. The number of hydrogen-bond acceptors (Lipinski definition) is 2. The van der Waals surface area contributed by atoms with Crippen LogP contribution in [0.4, 0.5) is 0 Å². The van der Waals surface area contributed by atoms with Crippen molar-refractivity contribution in [1.82, 2.24) is 0 Å². The Bertz CT molecular complexity index is 102. The minimum atomic E-state index is 1.08. The largest absolute Gasteiger partial charge is 0.185 e. The van der Waals surface area contributed by atoms with Gasteiger partial charge in [0.15, 0.2) is 0 Å². The van der Waals surface area contributed by atoms with Gasteiger partial charge in [-0.1, -0.05) is 19.4 Å². The van der Waals surface area contributed by atoms with Crippen molar-refractivity contribution in [3.63, 3.8) is 0 Å². The maximum absolute atomic E-state index is 8.03. The molecule has 2 heteroatoms. The van der Waals surface area contributed by atoms with Crippen molar-refractivity contribution < 1.29 is 0 Å². The predicted octanol–water partition coefficient (Wildman–Crippen LogP) is 2.51. The second kappa shape index (κ2) is 6.58. The Balaban J connectivity index is 2.98. The van der Waals surface area contributed by atoms with Crippen molar-refractivity contribution in [3.8, 4) is 5.40 Å². The van der Waals surface area contributed by atoms with Crippen LogP contribution >= 0.6 is 11.8 Å². The van der Waals surface area contributed by atoms with Crippen LogP contribution in [0, 0.1) is 10.7 Å². The van der Waals surface area contributed by atoms with Gasteiger partial charge in [-0.15, -0.1) is 0 Å². The Morgan fingerprint density at radius 3 is 3.00 bits per heavy atom. The molecule has 0 amide bonds. The van der Waals surface area contributed by atoms with Crippen molar-refractivity contribution in [2.75, 3.05) is 0 Å². The molecule has 0 radical (unpaired) electrons. The van der Waals surface area contributed by atoms with Crippen molar-refractivity contribution in [3.05, 3.63) is 11.5 Å². The highest BCUT2D eigenvalue weighted by atomic mass is 32.2. The zero-order valence-electron chi connectivity index (χ0n) is 4.92. The van der Waals surface area contributed by atoms with Crippen LogP contribution in [0.15, 0.2) is 11.5 Å². The Morgan fingerprint density at radius 2 is 2.50 bits per heavy atom. The van der Waals surface area contributed by atoms with E-state index in [0.717, 1.165) is 12.8 Å². The van der Waals surface area contributed by atoms with Crippen LogP contribution in [0.5, 0.6) is 0 Å². The normalized spacial score (nSPS) is 9.50. The third-order valence-corrected chi connectivity index (χ3v) is 1.11. The minimum Gasteiger partial charge on any atom is -0.185 e. The van der Waals surface area contributed by atoms with Gasteiger partial charge in [0.05, 0.1) is 0 Å². The van der Waals surface area contributed by atoms with Gasteiger partial charge in [0.25, 0.3) is 0 Å². The summed E-state index contributed by atoms with van der Waals surface area (Å²) in [4.78, 5) is 0. The van der Waals surface area contributed by atoms with E-state index in [4.69, 9.17) is 5.26 Å². The van der Waals surface area contributed by atoms with E-state index < -0.39 is 0 Å². The smallest absolute Gasteiger partial charge is 0.137 e. The molecule has 44 valence electrons. The highest BCUT2D eigenvalue weighted by Crippen LogP contribution is 1.99. The zero-order chi connectivity index (χ0) is 6.24. The van der Waals surface area contributed by atoms with Crippen LogP contribution in [0.25, 0.3) is 0 Å². The van der Waals surface area contributed by atoms with Gasteiger partial charge in [-0.25, -0.2) is 0 Å². The quantitative estimate of drug-likeness (QED) is 0.544. The summed E-state index contributed by atoms with van der Waals surface area (Å²) in [5, 5.41) is 11.8. The molecule has 0 aromatic rings. The molecule has 0 aromatic heterocycles. The molecule has 0 fully saturated rings. The van der Waals surface area contributed by atoms with Gasteiger partial charge in [0.2, 0.25) is 0 Å². The number of hydrogen-bond donors (Lipinski definition) is 0. The molecular formula is C6H9NS. The molecular weight excluding hydrogens is 118 g/mol. The summed E-state index contributed by atoms with van der Waals surface area (Å²) in [5.41, 5.74) is 0. The molecule has 0 heterocycles. The highest BCUT2D eigenvalue weighted by Gasteiger charge is 1.71. The second-order valence-electron chi connectivity index (χ2n) is 1.37. The molecule has 0 atom stereocenters. The Labute approximate surface area is 54.4 Å². The molecule has 0 saturated heterocycles. The standard InChI is InChI=1S/C6H9NS/c1-2-3-4-5-8-6-7/h4-5H,2-3H2,1H3. The van der Waals surface area contributed by atoms with E-state index in [1.165, 1.54) is 11.8 Å². The number of allylic oxidation sites excluding steroid dienone is 1. The molecule has 0 saturated carbocycles. The summed E-state index contributed by atoms with van der Waals surface area (Å²) in [5.74, 6) is 0. The lowest BCUT2D eigenvalue weighted by Crippen LogP contribution is -1.56. The molecule has 0 rings (SSSR count). The molecule has 0 aliphatic rings. The van der Waals surface area contributed by atoms with Crippen LogP contribution in [0.1, 0.15) is 19.8 Å². The van der Waals surface area contributed by atoms with Crippen LogP contribution in [-0.2, 0) is 0 Å². The Hall–Kier alpha value is -0.420. The first kappa shape index (κ1) is 7.58. The summed E-state index contributed by atoms with van der Waals surface area (Å²) in [6.45, 7) is 2.11. The van der Waals surface area contributed by atoms with Gasteiger partial charge in [0.1, 0.15) is 5.40 Å². The molecule has 0 aromatic carbocycles. The molecule has 0 aliphatic carbocycles. The van der Waals surface area contributed by atoms with Gasteiger partial charge in [-0.05, 0) is 23.6 Å². The van der Waals surface area contributed by atoms with Crippen LogP contribution < -0.4 is 0 Å². The van der Waals surface area contributed by atoms with Gasteiger partial charge in [-0.3, -0.25) is 0 Å². The molecule has 0 unspecified atom stereocenters. The topological polar surface area (TPSA) is 23.8 Å². The average molecular weight is 127 g/mol. The maximum atomic E-state index is 8.03. The lowest BCUT2D eigenvalue weighted by atomic mass is 10.3. The zero-order valence-corrected chi connectivity index (χ0v) is 5.74. The molecule has 8 heavy (non-hydrogen) atoms. The van der Waals surface area contributed by atoms with E-state index >= 15 is 0 Å². The third kappa shape index (κ3) is 5.58. The van der Waals surface area contributed by atoms with E-state index in [1.54, 1.807) is 0 Å². The summed E-state index contributed by atoms with van der Waals surface area (Å²) < 4.78 is 0. The fourth-order valence-electron chi connectivity index (χ4n) is 0.313. The van der Waals surface area contributed by atoms with Crippen LogP contribution in [-0.4, -0.2) is 0 Å². The first-order valence-electron chi connectivity index (χ1n) is 2.61. The van der Waals surface area contributed by atoms with Crippen molar-refractivity contribution in [1.29, 1.82) is 5.26 Å².